The molecule has 1 aliphatic carbocycles. The number of carbonyl (C=O) groups is 1. The quantitative estimate of drug-likeness (QED) is 0.588. The lowest BCUT2D eigenvalue weighted by atomic mass is 9.98. The van der Waals surface area contributed by atoms with Gasteiger partial charge in [0, 0.05) is 10.4 Å². The minimum Gasteiger partial charge on any atom is -0.449 e. The first-order chi connectivity index (χ1) is 13.6. The first-order valence-electron chi connectivity index (χ1n) is 9.16. The van der Waals surface area contributed by atoms with Gasteiger partial charge >= 0.3 is 6.09 Å². The number of benzene rings is 3. The van der Waals surface area contributed by atoms with E-state index >= 15 is 0 Å². The molecule has 0 heterocycles. The summed E-state index contributed by atoms with van der Waals surface area (Å²) in [6, 6.07) is 23.8. The first kappa shape index (κ1) is 18.7. The summed E-state index contributed by atoms with van der Waals surface area (Å²) in [6.07, 6.45) is -1.31. The maximum absolute atomic E-state index is 12.2. The fraction of sp³-hybridized carbons (Fsp3) is 0.174. The normalized spacial score (nSPS) is 13.5. The van der Waals surface area contributed by atoms with E-state index in [1.165, 1.54) is 22.3 Å². The van der Waals surface area contributed by atoms with Crippen molar-refractivity contribution in [2.45, 2.75) is 12.0 Å². The maximum atomic E-state index is 12.2. The molecule has 28 heavy (non-hydrogen) atoms. The van der Waals surface area contributed by atoms with Crippen LogP contribution in [0, 0.1) is 0 Å². The molecule has 1 amide bonds. The number of aliphatic hydroxyl groups excluding tert-OH is 1. The zero-order valence-corrected chi connectivity index (χ0v) is 16.7. The van der Waals surface area contributed by atoms with E-state index in [0.717, 1.165) is 10.0 Å². The van der Waals surface area contributed by atoms with Crippen LogP contribution in [0.1, 0.15) is 28.7 Å². The van der Waals surface area contributed by atoms with Crippen molar-refractivity contribution < 1.29 is 14.6 Å². The summed E-state index contributed by atoms with van der Waals surface area (Å²) in [5.74, 6) is 0.0227. The van der Waals surface area contributed by atoms with Crippen molar-refractivity contribution in [1.29, 1.82) is 0 Å². The molecule has 3 aromatic carbocycles. The average molecular weight is 438 g/mol. The molecule has 0 bridgehead atoms. The summed E-state index contributed by atoms with van der Waals surface area (Å²) in [5.41, 5.74) is 5.47. The molecule has 1 atom stereocenters. The summed E-state index contributed by atoms with van der Waals surface area (Å²) in [5, 5.41) is 12.9. The van der Waals surface area contributed by atoms with Crippen LogP contribution in [0.4, 0.5) is 4.79 Å². The molecule has 1 aliphatic rings. The highest BCUT2D eigenvalue weighted by molar-refractivity contribution is 9.10. The van der Waals surface area contributed by atoms with Gasteiger partial charge in [0.05, 0.1) is 12.6 Å². The van der Waals surface area contributed by atoms with Crippen LogP contribution in [0.5, 0.6) is 0 Å². The highest BCUT2D eigenvalue weighted by Crippen LogP contribution is 2.44. The Kier molecular flexibility index (Phi) is 5.46. The lowest BCUT2D eigenvalue weighted by Crippen LogP contribution is -2.30. The minimum absolute atomic E-state index is 0.0227. The van der Waals surface area contributed by atoms with Crippen LogP contribution >= 0.6 is 15.9 Å². The number of rotatable bonds is 5. The van der Waals surface area contributed by atoms with Crippen molar-refractivity contribution >= 4 is 22.0 Å². The lowest BCUT2D eigenvalue weighted by molar-refractivity contribution is 0.128. The summed E-state index contributed by atoms with van der Waals surface area (Å²) >= 11 is 3.36. The predicted molar refractivity (Wildman–Crippen MR) is 112 cm³/mol. The molecule has 0 radical (unpaired) electrons. The third kappa shape index (κ3) is 3.81. The molecule has 0 aromatic heterocycles. The number of aliphatic hydroxyl groups is 1. The first-order valence-corrected chi connectivity index (χ1v) is 9.95. The number of nitrogens with one attached hydrogen (secondary N) is 1. The molecule has 0 saturated carbocycles. The van der Waals surface area contributed by atoms with Gasteiger partial charge in [-0.1, -0.05) is 76.6 Å². The van der Waals surface area contributed by atoms with Crippen molar-refractivity contribution in [3.8, 4) is 11.1 Å². The Bertz CT molecular complexity index is 942. The van der Waals surface area contributed by atoms with Gasteiger partial charge in [0.1, 0.15) is 6.61 Å². The van der Waals surface area contributed by atoms with E-state index in [0.29, 0.717) is 0 Å². The second-order valence-corrected chi connectivity index (χ2v) is 7.69. The van der Waals surface area contributed by atoms with Crippen molar-refractivity contribution in [3.05, 3.63) is 94.0 Å². The third-order valence-corrected chi connectivity index (χ3v) is 5.57. The molecule has 0 spiro atoms. The molecular weight excluding hydrogens is 418 g/mol. The molecule has 0 aliphatic heterocycles. The number of carbonyl (C=O) groups excluding carboxylic acids is 1. The van der Waals surface area contributed by atoms with E-state index in [-0.39, 0.29) is 19.1 Å². The third-order valence-electron chi connectivity index (χ3n) is 5.04. The molecule has 3 aromatic rings. The van der Waals surface area contributed by atoms with E-state index < -0.39 is 12.2 Å². The van der Waals surface area contributed by atoms with Crippen LogP contribution in [0.2, 0.25) is 0 Å². The van der Waals surface area contributed by atoms with Crippen LogP contribution in [0.15, 0.2) is 77.3 Å². The van der Waals surface area contributed by atoms with Gasteiger partial charge in [-0.25, -0.2) is 4.79 Å². The number of hydrogen-bond donors (Lipinski definition) is 2. The summed E-state index contributed by atoms with van der Waals surface area (Å²) in [7, 11) is 0. The summed E-state index contributed by atoms with van der Waals surface area (Å²) < 4.78 is 6.41. The van der Waals surface area contributed by atoms with Gasteiger partial charge in [-0.15, -0.1) is 0 Å². The van der Waals surface area contributed by atoms with Gasteiger partial charge < -0.3 is 15.2 Å². The average Bonchev–Trinajstić information content (AvgIpc) is 3.05. The van der Waals surface area contributed by atoms with Crippen molar-refractivity contribution in [1.82, 2.24) is 5.32 Å². The van der Waals surface area contributed by atoms with Crippen LogP contribution in [0.3, 0.4) is 0 Å². The minimum atomic E-state index is -0.784. The number of halogens is 1. The molecular formula is C23H20BrNO3. The second kappa shape index (κ2) is 8.17. The fourth-order valence-corrected chi connectivity index (χ4v) is 3.90. The van der Waals surface area contributed by atoms with Crippen molar-refractivity contribution in [2.75, 3.05) is 13.2 Å². The van der Waals surface area contributed by atoms with E-state index in [1.54, 1.807) is 0 Å². The molecule has 2 N–H and O–H groups in total. The van der Waals surface area contributed by atoms with E-state index in [2.05, 4.69) is 45.5 Å². The molecule has 142 valence electrons. The number of fused-ring (bicyclic) bond motifs is 3. The van der Waals surface area contributed by atoms with Gasteiger partial charge in [0.15, 0.2) is 0 Å². The van der Waals surface area contributed by atoms with Crippen molar-refractivity contribution in [2.24, 2.45) is 0 Å². The zero-order valence-electron chi connectivity index (χ0n) is 15.1. The SMILES string of the molecule is O=C(NC[C@H](O)c1ccc(Br)cc1)OCC1c2ccccc2-c2ccccc21. The number of amides is 1. The maximum Gasteiger partial charge on any atom is 0.407 e. The predicted octanol–water partition coefficient (Wildman–Crippen LogP) is 5.02. The Balaban J connectivity index is 1.37. The molecule has 4 rings (SSSR count). The highest BCUT2D eigenvalue weighted by atomic mass is 79.9. The molecule has 0 unspecified atom stereocenters. The van der Waals surface area contributed by atoms with E-state index in [9.17, 15) is 9.90 Å². The molecule has 4 nitrogen and oxygen atoms in total. The summed E-state index contributed by atoms with van der Waals surface area (Å²) in [6.45, 7) is 0.354. The number of ether oxygens (including phenoxy) is 1. The Morgan fingerprint density at radius 2 is 1.54 bits per heavy atom. The van der Waals surface area contributed by atoms with Crippen LogP contribution in [0.25, 0.3) is 11.1 Å². The number of alkyl carbamates (subject to hydrolysis) is 1. The van der Waals surface area contributed by atoms with Crippen LogP contribution < -0.4 is 5.32 Å². The van der Waals surface area contributed by atoms with E-state index in [4.69, 9.17) is 4.74 Å². The fourth-order valence-electron chi connectivity index (χ4n) is 3.63. The zero-order chi connectivity index (χ0) is 19.5. The van der Waals surface area contributed by atoms with Gasteiger partial charge in [-0.2, -0.15) is 0 Å². The van der Waals surface area contributed by atoms with Gasteiger partial charge in [-0.3, -0.25) is 0 Å². The topological polar surface area (TPSA) is 58.6 Å². The number of hydrogen-bond acceptors (Lipinski definition) is 3. The van der Waals surface area contributed by atoms with Crippen LogP contribution in [-0.2, 0) is 4.74 Å². The monoisotopic (exact) mass is 437 g/mol. The second-order valence-electron chi connectivity index (χ2n) is 6.77. The Hall–Kier alpha value is -2.63. The van der Waals surface area contributed by atoms with E-state index in [1.807, 2.05) is 48.5 Å². The largest absolute Gasteiger partial charge is 0.449 e. The van der Waals surface area contributed by atoms with Gasteiger partial charge in [-0.05, 0) is 39.9 Å². The Morgan fingerprint density at radius 1 is 0.964 bits per heavy atom. The molecule has 5 heteroatoms. The smallest absolute Gasteiger partial charge is 0.407 e. The highest BCUT2D eigenvalue weighted by Gasteiger charge is 2.29. The Labute approximate surface area is 172 Å². The van der Waals surface area contributed by atoms with Gasteiger partial charge in [0.2, 0.25) is 0 Å². The van der Waals surface area contributed by atoms with Gasteiger partial charge in [0.25, 0.3) is 0 Å². The standard InChI is InChI=1S/C23H20BrNO3/c24-16-11-9-15(10-12-16)22(26)13-25-23(27)28-14-21-19-7-3-1-5-17(19)18-6-2-4-8-20(18)21/h1-12,21-22,26H,13-14H2,(H,25,27)/t22-/m0/s1. The molecule has 0 fully saturated rings. The van der Waals surface area contributed by atoms with Crippen LogP contribution in [-0.4, -0.2) is 24.4 Å². The summed E-state index contributed by atoms with van der Waals surface area (Å²) in [4.78, 5) is 12.2. The lowest BCUT2D eigenvalue weighted by Gasteiger charge is -2.16. The van der Waals surface area contributed by atoms with Crippen molar-refractivity contribution in [3.63, 3.8) is 0 Å². The molecule has 0 saturated heterocycles. The Morgan fingerprint density at radius 3 is 2.14 bits per heavy atom.